The lowest BCUT2D eigenvalue weighted by atomic mass is 9.95. The predicted molar refractivity (Wildman–Crippen MR) is 215 cm³/mol. The number of methoxy groups -OCH3 is 1. The van der Waals surface area contributed by atoms with E-state index in [-0.39, 0.29) is 58.9 Å². The van der Waals surface area contributed by atoms with E-state index in [2.05, 4.69) is 15.3 Å². The van der Waals surface area contributed by atoms with Crippen LogP contribution in [-0.4, -0.2) is 97.8 Å². The first-order valence-corrected chi connectivity index (χ1v) is 21.4. The van der Waals surface area contributed by atoms with E-state index in [9.17, 15) is 39.0 Å². The van der Waals surface area contributed by atoms with Crippen LogP contribution in [0.5, 0.6) is 0 Å². The van der Waals surface area contributed by atoms with Crippen molar-refractivity contribution in [3.05, 3.63) is 32.2 Å². The van der Waals surface area contributed by atoms with Crippen molar-refractivity contribution in [2.45, 2.75) is 141 Å². The zero-order valence-corrected chi connectivity index (χ0v) is 37.3. The second-order valence-electron chi connectivity index (χ2n) is 14.5. The number of hydrogen-bond acceptors (Lipinski definition) is 17. The minimum Gasteiger partial charge on any atom is -0.464 e. The molecule has 2 heterocycles. The molecule has 0 bridgehead atoms. The Hall–Kier alpha value is -3.42. The molecule has 0 aliphatic heterocycles. The van der Waals surface area contributed by atoms with E-state index in [1.807, 2.05) is 6.92 Å². The van der Waals surface area contributed by atoms with Crippen molar-refractivity contribution >= 4 is 81.6 Å². The van der Waals surface area contributed by atoms with Gasteiger partial charge in [0, 0.05) is 24.1 Å². The van der Waals surface area contributed by atoms with Gasteiger partial charge in [-0.05, 0) is 58.8 Å². The molecule has 20 heteroatoms. The minimum absolute atomic E-state index is 0.0200. The highest BCUT2D eigenvalue weighted by Gasteiger charge is 2.40. The molecule has 0 spiro atoms. The summed E-state index contributed by atoms with van der Waals surface area (Å²) in [7, 11) is 1.20. The number of nitrogens with zero attached hydrogens (tertiary/aromatic N) is 2. The molecular weight excluding hydrogens is 841 g/mol. The van der Waals surface area contributed by atoms with Crippen LogP contribution in [0.1, 0.15) is 144 Å². The third-order valence-electron chi connectivity index (χ3n) is 8.97. The number of carbonyl (C=O) groups is 6. The summed E-state index contributed by atoms with van der Waals surface area (Å²) in [5, 5.41) is 27.7. The molecule has 326 valence electrons. The van der Waals surface area contributed by atoms with Gasteiger partial charge in [-0.1, -0.05) is 27.7 Å². The number of amides is 1. The summed E-state index contributed by atoms with van der Waals surface area (Å²) in [5.41, 5.74) is -1.81. The molecule has 7 atom stereocenters. The van der Waals surface area contributed by atoms with E-state index >= 15 is 0 Å². The van der Waals surface area contributed by atoms with Gasteiger partial charge in [0.15, 0.2) is 17.5 Å². The van der Waals surface area contributed by atoms with Crippen molar-refractivity contribution in [2.75, 3.05) is 13.7 Å². The van der Waals surface area contributed by atoms with Crippen LogP contribution < -0.4 is 5.32 Å². The monoisotopic (exact) mass is 895 g/mol. The maximum absolute atomic E-state index is 13.7. The zero-order valence-electron chi connectivity index (χ0n) is 34.2. The Balaban J connectivity index is 2.20. The quantitative estimate of drug-likeness (QED) is 0.0606. The second-order valence-corrected chi connectivity index (χ2v) is 18.1. The van der Waals surface area contributed by atoms with Crippen LogP contribution >= 0.6 is 45.9 Å². The molecular formula is C38H55Cl2N3O13S2. The van der Waals surface area contributed by atoms with E-state index in [1.165, 1.54) is 38.6 Å². The maximum atomic E-state index is 13.7. The molecule has 0 unspecified atom stereocenters. The number of thiazole rings is 2. The van der Waals surface area contributed by atoms with E-state index in [0.29, 0.717) is 12.8 Å². The number of nitrogens with one attached hydrogen (secondary N) is 1. The van der Waals surface area contributed by atoms with Crippen molar-refractivity contribution in [1.82, 2.24) is 15.3 Å². The lowest BCUT2D eigenvalue weighted by Crippen LogP contribution is -2.49. The van der Waals surface area contributed by atoms with E-state index in [1.54, 1.807) is 27.7 Å². The molecule has 0 radical (unpaired) electrons. The molecule has 0 aliphatic rings. The first kappa shape index (κ1) is 50.7. The third kappa shape index (κ3) is 16.3. The molecule has 58 heavy (non-hydrogen) atoms. The molecule has 0 aromatic carbocycles. The first-order valence-electron chi connectivity index (χ1n) is 18.8. The summed E-state index contributed by atoms with van der Waals surface area (Å²) in [6.07, 6.45) is -3.51. The molecule has 0 aliphatic carbocycles. The predicted octanol–water partition coefficient (Wildman–Crippen LogP) is 6.20. The molecule has 1 amide bonds. The zero-order chi connectivity index (χ0) is 44.0. The number of aliphatic hydroxyl groups excluding tert-OH is 1. The average molecular weight is 897 g/mol. The fourth-order valence-electron chi connectivity index (χ4n) is 5.46. The molecule has 2 aromatic heterocycles. The molecule has 3 N–H and O–H groups in total. The Labute approximate surface area is 356 Å². The fourth-order valence-corrected chi connectivity index (χ4v) is 7.45. The number of esters is 5. The highest BCUT2D eigenvalue weighted by Crippen LogP contribution is 2.36. The van der Waals surface area contributed by atoms with Gasteiger partial charge in [0.25, 0.3) is 0 Å². The van der Waals surface area contributed by atoms with E-state index in [0.717, 1.165) is 22.7 Å². The van der Waals surface area contributed by atoms with Gasteiger partial charge in [0.05, 0.1) is 25.5 Å². The molecule has 0 saturated heterocycles. The van der Waals surface area contributed by atoms with Gasteiger partial charge in [-0.3, -0.25) is 19.2 Å². The van der Waals surface area contributed by atoms with E-state index in [4.69, 9.17) is 46.9 Å². The van der Waals surface area contributed by atoms with Crippen molar-refractivity contribution in [1.29, 1.82) is 0 Å². The number of carbonyl (C=O) groups excluding carboxylic acids is 6. The van der Waals surface area contributed by atoms with Gasteiger partial charge in [-0.15, -0.1) is 45.9 Å². The van der Waals surface area contributed by atoms with Crippen molar-refractivity contribution in [2.24, 2.45) is 11.8 Å². The Morgan fingerprint density at radius 2 is 1.52 bits per heavy atom. The summed E-state index contributed by atoms with van der Waals surface area (Å²) < 4.78 is 25.8. The Bertz CT molecular complexity index is 1690. The highest BCUT2D eigenvalue weighted by molar-refractivity contribution is 7.10. The van der Waals surface area contributed by atoms with E-state index < -0.39 is 89.2 Å². The Kier molecular flexibility index (Phi) is 20.5. The Morgan fingerprint density at radius 3 is 2.07 bits per heavy atom. The van der Waals surface area contributed by atoms with Crippen LogP contribution in [0, 0.1) is 11.8 Å². The topological polar surface area (TPSA) is 227 Å². The largest absolute Gasteiger partial charge is 0.464 e. The number of alkyl halides is 2. The van der Waals surface area contributed by atoms with Crippen LogP contribution in [0.15, 0.2) is 10.8 Å². The number of aromatic nitrogens is 2. The van der Waals surface area contributed by atoms with Crippen molar-refractivity contribution in [3.8, 4) is 0 Å². The van der Waals surface area contributed by atoms with Gasteiger partial charge >= 0.3 is 29.8 Å². The number of halogens is 2. The van der Waals surface area contributed by atoms with Gasteiger partial charge in [0.1, 0.15) is 44.9 Å². The molecule has 0 saturated carbocycles. The summed E-state index contributed by atoms with van der Waals surface area (Å²) in [4.78, 5) is 84.5. The van der Waals surface area contributed by atoms with Crippen LogP contribution in [0.3, 0.4) is 0 Å². The lowest BCUT2D eigenvalue weighted by molar-refractivity contribution is -0.173. The van der Waals surface area contributed by atoms with Crippen LogP contribution in [0.25, 0.3) is 0 Å². The van der Waals surface area contributed by atoms with Crippen molar-refractivity contribution < 1.29 is 62.7 Å². The minimum atomic E-state index is -1.59. The normalized spacial score (nSPS) is 15.8. The highest BCUT2D eigenvalue weighted by atomic mass is 35.5. The first-order chi connectivity index (χ1) is 27.0. The summed E-state index contributed by atoms with van der Waals surface area (Å²) in [6, 6.07) is -0.678. The molecule has 0 fully saturated rings. The van der Waals surface area contributed by atoms with Crippen LogP contribution in [0.4, 0.5) is 0 Å². The Morgan fingerprint density at radius 1 is 0.914 bits per heavy atom. The molecule has 2 aromatic rings. The van der Waals surface area contributed by atoms with Gasteiger partial charge in [-0.25, -0.2) is 19.6 Å². The van der Waals surface area contributed by atoms with Crippen LogP contribution in [0.2, 0.25) is 0 Å². The number of aliphatic hydroxyl groups is 2. The number of ether oxygens (including phenoxy) is 5. The lowest BCUT2D eigenvalue weighted by Gasteiger charge is -2.32. The SMILES string of the molecule is CCCC(=O)N[C@@H](C(C)C)[C@@H](CC(=O)OC[C@@H](O)c1nc(C(=O)O[C@@H](CCCC(C)(Cl)Cl)[C@@H](C)C(=O)O[C@@H](c2nc(C(=O)OC)cs2)[C@@](C)(O)CC)cs1)OC(C)=O. The molecule has 2 rings (SSSR count). The fraction of sp³-hybridized carbons (Fsp3) is 0.684. The van der Waals surface area contributed by atoms with Crippen molar-refractivity contribution in [3.63, 3.8) is 0 Å². The third-order valence-corrected chi connectivity index (χ3v) is 11.2. The van der Waals surface area contributed by atoms with Gasteiger partial charge in [-0.2, -0.15) is 0 Å². The summed E-state index contributed by atoms with van der Waals surface area (Å²) in [6.45, 7) is 12.3. The summed E-state index contributed by atoms with van der Waals surface area (Å²) >= 11 is 14.2. The standard InChI is InChI=1S/C38H55Cl2N3O13S2/c1-10-13-28(46)43-30(20(3)4)27(54-22(6)44)16-29(47)53-17-25(45)32-41-24(19-57-32)36(50)55-26(14-12-15-38(8,39)40)21(5)34(48)56-31(37(7,51)11-2)33-42-23(18-58-33)35(49)52-9/h18-21,25-27,30-31,45,51H,10-17H2,1-9H3,(H,43,46)/t21-,25-,26+,27-,30+,31+,37+/m1/s1. The smallest absolute Gasteiger partial charge is 0.358 e. The summed E-state index contributed by atoms with van der Waals surface area (Å²) in [5.74, 6) is -5.48. The average Bonchev–Trinajstić information content (AvgIpc) is 3.84. The van der Waals surface area contributed by atoms with Gasteiger partial charge in [0.2, 0.25) is 5.91 Å². The maximum Gasteiger partial charge on any atom is 0.358 e. The molecule has 16 nitrogen and oxygen atoms in total. The number of hydrogen-bond donors (Lipinski definition) is 3. The second kappa shape index (κ2) is 23.4. The number of rotatable bonds is 24. The van der Waals surface area contributed by atoms with Gasteiger partial charge < -0.3 is 39.2 Å². The van der Waals surface area contributed by atoms with Crippen LogP contribution in [-0.2, 0) is 42.9 Å².